The van der Waals surface area contributed by atoms with Crippen molar-refractivity contribution in [2.24, 2.45) is 0 Å². The molecule has 1 heterocycles. The fourth-order valence-electron chi connectivity index (χ4n) is 2.52. The molecule has 2 N–H and O–H groups in total. The number of rotatable bonds is 2. The van der Waals surface area contributed by atoms with E-state index < -0.39 is 11.5 Å². The van der Waals surface area contributed by atoms with Gasteiger partial charge >= 0.3 is 5.97 Å². The van der Waals surface area contributed by atoms with Gasteiger partial charge in [0, 0.05) is 16.5 Å². The zero-order valence-corrected chi connectivity index (χ0v) is 11.4. The Hall–Kier alpha value is -2.88. The zero-order chi connectivity index (χ0) is 15.0. The van der Waals surface area contributed by atoms with Crippen LogP contribution in [0.15, 0.2) is 53.3 Å². The number of carbonyl (C=O) groups is 1. The summed E-state index contributed by atoms with van der Waals surface area (Å²) in [5.74, 6) is -1.22. The van der Waals surface area contributed by atoms with Gasteiger partial charge < -0.3 is 10.1 Å². The topological polar surface area (TPSA) is 70.2 Å². The number of hydrogen-bond acceptors (Lipinski definition) is 2. The molecular weight excluding hydrogens is 266 g/mol. The van der Waals surface area contributed by atoms with Crippen molar-refractivity contribution in [3.63, 3.8) is 0 Å². The molecule has 0 saturated carbocycles. The second-order valence-corrected chi connectivity index (χ2v) is 4.92. The molecule has 0 aliphatic rings. The van der Waals surface area contributed by atoms with Gasteiger partial charge in [-0.25, -0.2) is 4.79 Å². The molecule has 0 bridgehead atoms. The van der Waals surface area contributed by atoms with Crippen LogP contribution in [-0.4, -0.2) is 16.1 Å². The number of carboxylic acids is 1. The lowest BCUT2D eigenvalue weighted by atomic mass is 9.95. The highest BCUT2D eigenvalue weighted by atomic mass is 16.4. The first-order valence-electron chi connectivity index (χ1n) is 6.53. The summed E-state index contributed by atoms with van der Waals surface area (Å²) in [6.07, 6.45) is 0. The maximum atomic E-state index is 12.1. The fourth-order valence-corrected chi connectivity index (χ4v) is 2.52. The summed E-state index contributed by atoms with van der Waals surface area (Å²) in [5.41, 5.74) is 2.01. The van der Waals surface area contributed by atoms with Gasteiger partial charge in [-0.2, -0.15) is 0 Å². The predicted molar refractivity (Wildman–Crippen MR) is 81.7 cm³/mol. The van der Waals surface area contributed by atoms with Crippen LogP contribution < -0.4 is 5.56 Å². The lowest BCUT2D eigenvalue weighted by molar-refractivity contribution is 0.0696. The molecule has 21 heavy (non-hydrogen) atoms. The van der Waals surface area contributed by atoms with Crippen LogP contribution >= 0.6 is 0 Å². The first kappa shape index (κ1) is 13.1. The van der Waals surface area contributed by atoms with Gasteiger partial charge in [0.1, 0.15) is 5.56 Å². The van der Waals surface area contributed by atoms with Crippen LogP contribution in [0.25, 0.3) is 22.0 Å². The van der Waals surface area contributed by atoms with Crippen LogP contribution in [0.1, 0.15) is 15.9 Å². The molecule has 4 nitrogen and oxygen atoms in total. The average Bonchev–Trinajstić information content (AvgIpc) is 2.46. The van der Waals surface area contributed by atoms with Crippen molar-refractivity contribution in [2.45, 2.75) is 6.92 Å². The molecule has 0 aliphatic heterocycles. The number of aryl methyl sites for hydroxylation is 1. The lowest BCUT2D eigenvalue weighted by Crippen LogP contribution is -2.19. The summed E-state index contributed by atoms with van der Waals surface area (Å²) in [7, 11) is 0. The molecule has 0 spiro atoms. The second-order valence-electron chi connectivity index (χ2n) is 4.92. The molecule has 3 rings (SSSR count). The van der Waals surface area contributed by atoms with Crippen LogP contribution in [0.4, 0.5) is 0 Å². The number of aromatic amines is 1. The van der Waals surface area contributed by atoms with Crippen molar-refractivity contribution in [3.05, 3.63) is 70.0 Å². The van der Waals surface area contributed by atoms with Crippen LogP contribution in [0.2, 0.25) is 0 Å². The predicted octanol–water partition coefficient (Wildman–Crippen LogP) is 3.20. The number of nitrogens with one attached hydrogen (secondary N) is 1. The van der Waals surface area contributed by atoms with E-state index in [4.69, 9.17) is 0 Å². The van der Waals surface area contributed by atoms with Crippen molar-refractivity contribution in [1.82, 2.24) is 4.98 Å². The minimum atomic E-state index is -1.22. The highest BCUT2D eigenvalue weighted by molar-refractivity contribution is 6.06. The molecule has 0 amide bonds. The molecule has 0 saturated heterocycles. The number of aromatic nitrogens is 1. The normalized spacial score (nSPS) is 10.7. The molecule has 0 atom stereocenters. The standard InChI is InChI=1S/C17H13NO3/c1-10-7-8-12-13(9-10)18-16(19)15(17(20)21)14(12)11-5-3-2-4-6-11/h2-9H,1H3,(H,18,19)(H,20,21). The van der Waals surface area contributed by atoms with Gasteiger partial charge in [0.15, 0.2) is 0 Å². The third-order valence-electron chi connectivity index (χ3n) is 3.45. The Balaban J connectivity index is 2.51. The minimum absolute atomic E-state index is 0.224. The minimum Gasteiger partial charge on any atom is -0.477 e. The number of carboxylic acid groups (broad SMARTS) is 1. The number of pyridine rings is 1. The van der Waals surface area contributed by atoms with E-state index in [-0.39, 0.29) is 5.56 Å². The maximum absolute atomic E-state index is 12.1. The van der Waals surface area contributed by atoms with Gasteiger partial charge in [-0.05, 0) is 24.1 Å². The molecule has 4 heteroatoms. The molecular formula is C17H13NO3. The monoisotopic (exact) mass is 279 g/mol. The third-order valence-corrected chi connectivity index (χ3v) is 3.45. The Bertz CT molecular complexity index is 895. The molecule has 0 radical (unpaired) electrons. The molecule has 0 aliphatic carbocycles. The Morgan fingerprint density at radius 3 is 2.48 bits per heavy atom. The molecule has 3 aromatic rings. The zero-order valence-electron chi connectivity index (χ0n) is 11.4. The maximum Gasteiger partial charge on any atom is 0.342 e. The number of fused-ring (bicyclic) bond motifs is 1. The van der Waals surface area contributed by atoms with Crippen molar-refractivity contribution < 1.29 is 9.90 Å². The van der Waals surface area contributed by atoms with Gasteiger partial charge in [-0.15, -0.1) is 0 Å². The van der Waals surface area contributed by atoms with Gasteiger partial charge in [-0.1, -0.05) is 42.5 Å². The van der Waals surface area contributed by atoms with Gasteiger partial charge in [0.25, 0.3) is 5.56 Å². The Morgan fingerprint density at radius 2 is 1.81 bits per heavy atom. The van der Waals surface area contributed by atoms with E-state index in [2.05, 4.69) is 4.98 Å². The molecule has 1 aromatic heterocycles. The van der Waals surface area contributed by atoms with Gasteiger partial charge in [0.2, 0.25) is 0 Å². The van der Waals surface area contributed by atoms with Crippen LogP contribution in [0, 0.1) is 6.92 Å². The number of benzene rings is 2. The summed E-state index contributed by atoms with van der Waals surface area (Å²) < 4.78 is 0. The van der Waals surface area contributed by atoms with Crippen LogP contribution in [-0.2, 0) is 0 Å². The largest absolute Gasteiger partial charge is 0.477 e. The Kier molecular flexibility index (Phi) is 3.06. The van der Waals surface area contributed by atoms with E-state index in [1.807, 2.05) is 43.3 Å². The number of aromatic carboxylic acids is 1. The summed E-state index contributed by atoms with van der Waals surface area (Å²) in [5, 5.41) is 10.1. The average molecular weight is 279 g/mol. The van der Waals surface area contributed by atoms with Crippen molar-refractivity contribution >= 4 is 16.9 Å². The highest BCUT2D eigenvalue weighted by Gasteiger charge is 2.19. The van der Waals surface area contributed by atoms with Crippen LogP contribution in [0.5, 0.6) is 0 Å². The molecule has 2 aromatic carbocycles. The Morgan fingerprint density at radius 1 is 1.10 bits per heavy atom. The smallest absolute Gasteiger partial charge is 0.342 e. The third kappa shape index (κ3) is 2.21. The highest BCUT2D eigenvalue weighted by Crippen LogP contribution is 2.29. The summed E-state index contributed by atoms with van der Waals surface area (Å²) in [6, 6.07) is 14.7. The van der Waals surface area contributed by atoms with Crippen molar-refractivity contribution in [3.8, 4) is 11.1 Å². The van der Waals surface area contributed by atoms with E-state index in [0.717, 1.165) is 16.5 Å². The second kappa shape index (κ2) is 4.90. The van der Waals surface area contributed by atoms with Crippen molar-refractivity contribution in [2.75, 3.05) is 0 Å². The fraction of sp³-hybridized carbons (Fsp3) is 0.0588. The molecule has 0 unspecified atom stereocenters. The first-order chi connectivity index (χ1) is 10.1. The van der Waals surface area contributed by atoms with E-state index in [1.54, 1.807) is 12.1 Å². The molecule has 0 fully saturated rings. The van der Waals surface area contributed by atoms with Gasteiger partial charge in [0.05, 0.1) is 0 Å². The first-order valence-corrected chi connectivity index (χ1v) is 6.53. The summed E-state index contributed by atoms with van der Waals surface area (Å²) >= 11 is 0. The van der Waals surface area contributed by atoms with Crippen molar-refractivity contribution in [1.29, 1.82) is 0 Å². The van der Waals surface area contributed by atoms with Gasteiger partial charge in [-0.3, -0.25) is 4.79 Å². The summed E-state index contributed by atoms with van der Waals surface area (Å²) in [6.45, 7) is 1.92. The number of hydrogen-bond donors (Lipinski definition) is 2. The van der Waals surface area contributed by atoms with E-state index in [9.17, 15) is 14.7 Å². The number of H-pyrrole nitrogens is 1. The summed E-state index contributed by atoms with van der Waals surface area (Å²) in [4.78, 5) is 26.3. The SMILES string of the molecule is Cc1ccc2c(-c3ccccc3)c(C(=O)O)c(=O)[nH]c2c1. The van der Waals surface area contributed by atoms with E-state index in [1.165, 1.54) is 0 Å². The molecule has 104 valence electrons. The van der Waals surface area contributed by atoms with Crippen LogP contribution in [0.3, 0.4) is 0 Å². The van der Waals surface area contributed by atoms with E-state index in [0.29, 0.717) is 11.1 Å². The van der Waals surface area contributed by atoms with E-state index >= 15 is 0 Å². The Labute approximate surface area is 120 Å². The quantitative estimate of drug-likeness (QED) is 0.756. The lowest BCUT2D eigenvalue weighted by Gasteiger charge is -2.10.